The molecule has 1 saturated carbocycles. The van der Waals surface area contributed by atoms with Gasteiger partial charge >= 0.3 is 13.8 Å². The third kappa shape index (κ3) is 7.83. The average Bonchev–Trinajstić information content (AvgIpc) is 3.60. The van der Waals surface area contributed by atoms with E-state index in [1.807, 2.05) is 0 Å². The second-order valence-electron chi connectivity index (χ2n) is 10.2. The van der Waals surface area contributed by atoms with Crippen molar-refractivity contribution in [1.82, 2.24) is 24.4 Å². The van der Waals surface area contributed by atoms with E-state index >= 15 is 0 Å². The minimum Gasteiger partial charge on any atom is -0.432 e. The zero-order valence-corrected chi connectivity index (χ0v) is 24.4. The van der Waals surface area contributed by atoms with Gasteiger partial charge in [0, 0.05) is 19.6 Å². The number of amides is 1. The van der Waals surface area contributed by atoms with Crippen molar-refractivity contribution in [3.8, 4) is 0 Å². The van der Waals surface area contributed by atoms with E-state index in [4.69, 9.17) is 21.1 Å². The molecular formula is C23H34ClN6O10P. The number of fused-ring (bicyclic) bond motifs is 1. The molecule has 228 valence electrons. The van der Waals surface area contributed by atoms with Crippen LogP contribution in [-0.2, 0) is 28.1 Å². The molecule has 18 heteroatoms. The number of carbonyl (C=O) groups excluding carboxylic acids is 2. The molecule has 0 bridgehead atoms. The molecule has 4 rings (SSSR count). The molecule has 1 unspecified atom stereocenters. The van der Waals surface area contributed by atoms with Crippen molar-refractivity contribution in [1.29, 1.82) is 0 Å². The number of aliphatic hydroxyl groups is 2. The summed E-state index contributed by atoms with van der Waals surface area (Å²) in [4.78, 5) is 47.9. The summed E-state index contributed by atoms with van der Waals surface area (Å²) in [5.41, 5.74) is 0.701. The van der Waals surface area contributed by atoms with Gasteiger partial charge in [-0.1, -0.05) is 12.8 Å². The lowest BCUT2D eigenvalue weighted by atomic mass is 10.1. The summed E-state index contributed by atoms with van der Waals surface area (Å²) in [6.07, 6.45) is -1.91. The van der Waals surface area contributed by atoms with Crippen LogP contribution in [0, 0.1) is 0 Å². The van der Waals surface area contributed by atoms with Crippen LogP contribution in [0.15, 0.2) is 6.33 Å². The molecule has 0 radical (unpaired) electrons. The molecule has 1 aliphatic carbocycles. The van der Waals surface area contributed by atoms with Gasteiger partial charge in [-0.05, 0) is 38.3 Å². The second kappa shape index (κ2) is 13.2. The lowest BCUT2D eigenvalue weighted by molar-refractivity contribution is -0.130. The van der Waals surface area contributed by atoms with Gasteiger partial charge in [0.1, 0.15) is 24.5 Å². The lowest BCUT2D eigenvalue weighted by Gasteiger charge is -2.23. The first-order valence-electron chi connectivity index (χ1n) is 13.1. The van der Waals surface area contributed by atoms with Crippen LogP contribution in [0.4, 0.5) is 10.6 Å². The van der Waals surface area contributed by atoms with Crippen molar-refractivity contribution < 1.29 is 48.0 Å². The smallest absolute Gasteiger partial charge is 0.432 e. The highest BCUT2D eigenvalue weighted by Gasteiger charge is 2.45. The molecule has 5 atom stereocenters. The van der Waals surface area contributed by atoms with Crippen LogP contribution in [0.5, 0.6) is 0 Å². The Balaban J connectivity index is 1.37. The molecule has 41 heavy (non-hydrogen) atoms. The fourth-order valence-electron chi connectivity index (χ4n) is 4.64. The lowest BCUT2D eigenvalue weighted by Crippen LogP contribution is -2.41. The molecule has 4 N–H and O–H groups in total. The Morgan fingerprint density at radius 3 is 2.66 bits per heavy atom. The third-order valence-electron chi connectivity index (χ3n) is 6.68. The summed E-state index contributed by atoms with van der Waals surface area (Å²) in [6, 6.07) is 0.232. The van der Waals surface area contributed by atoms with Gasteiger partial charge in [0.15, 0.2) is 23.2 Å². The van der Waals surface area contributed by atoms with Crippen molar-refractivity contribution in [2.45, 2.75) is 76.2 Å². The molecule has 1 saturated heterocycles. The van der Waals surface area contributed by atoms with Crippen LogP contribution in [0.2, 0.25) is 5.28 Å². The number of nitrogens with zero attached hydrogens (tertiary/aromatic N) is 5. The molecule has 2 fully saturated rings. The topological polar surface area (TPSA) is 208 Å². The molecule has 1 amide bonds. The van der Waals surface area contributed by atoms with Crippen molar-refractivity contribution in [3.63, 3.8) is 0 Å². The summed E-state index contributed by atoms with van der Waals surface area (Å²) in [6.45, 7) is 2.06. The maximum absolute atomic E-state index is 12.6. The fraction of sp³-hybridized carbons (Fsp3) is 0.696. The Bertz CT molecular complexity index is 1290. The maximum Gasteiger partial charge on any atom is 0.510 e. The standard InChI is InChI=1S/C23H34ClN6O10P/c1-12(2)39-23(34)37-11-38-41(35,36)9-15(31)29(3)8-14-17(32)18(33)21(40-14)30-10-25-16-19(26-13-6-4-5-7-13)27-22(24)28-20(16)30/h10,12-14,17-18,21,32-33H,4-9,11H2,1-3H3,(H,35,36)(H,26,27,28)/t14-,17-,18-,21-/m1/s1. The summed E-state index contributed by atoms with van der Waals surface area (Å²) < 4.78 is 33.5. The molecular weight excluding hydrogens is 587 g/mol. The van der Waals surface area contributed by atoms with Crippen LogP contribution in [0.1, 0.15) is 45.8 Å². The molecule has 2 aromatic rings. The van der Waals surface area contributed by atoms with Gasteiger partial charge in [-0.3, -0.25) is 18.5 Å². The number of likely N-dealkylation sites (N-methyl/N-ethyl adjacent to an activating group) is 1. The predicted molar refractivity (Wildman–Crippen MR) is 143 cm³/mol. The first-order chi connectivity index (χ1) is 19.3. The van der Waals surface area contributed by atoms with Crippen LogP contribution >= 0.6 is 19.2 Å². The second-order valence-corrected chi connectivity index (χ2v) is 12.4. The molecule has 0 spiro atoms. The van der Waals surface area contributed by atoms with Crippen LogP contribution in [0.3, 0.4) is 0 Å². The SMILES string of the molecule is CC(C)OC(=O)OCOP(=O)(O)CC(=O)N(C)C[C@H]1O[C@@H](n2cnc3c(NC4CCCC4)nc(Cl)nc32)[C@H](O)[C@@H]1O. The van der Waals surface area contributed by atoms with Gasteiger partial charge < -0.3 is 39.5 Å². The summed E-state index contributed by atoms with van der Waals surface area (Å²) in [5, 5.41) is 24.8. The van der Waals surface area contributed by atoms with Crippen LogP contribution in [0.25, 0.3) is 11.2 Å². The fourth-order valence-corrected chi connectivity index (χ4v) is 5.70. The number of aliphatic hydroxyl groups excluding tert-OH is 2. The number of imidazole rings is 1. The molecule has 2 aliphatic rings. The Labute approximate surface area is 240 Å². The Morgan fingerprint density at radius 1 is 1.27 bits per heavy atom. The van der Waals surface area contributed by atoms with Crippen molar-refractivity contribution >= 4 is 48.2 Å². The average molecular weight is 621 g/mol. The number of halogens is 1. The predicted octanol–water partition coefficient (Wildman–Crippen LogP) is 1.63. The zero-order valence-electron chi connectivity index (χ0n) is 22.8. The van der Waals surface area contributed by atoms with Gasteiger partial charge in [-0.25, -0.2) is 9.78 Å². The zero-order chi connectivity index (χ0) is 29.9. The van der Waals surface area contributed by atoms with Gasteiger partial charge in [-0.15, -0.1) is 0 Å². The number of ether oxygens (including phenoxy) is 3. The molecule has 1 aliphatic heterocycles. The summed E-state index contributed by atoms with van der Waals surface area (Å²) in [5.74, 6) is -0.358. The van der Waals surface area contributed by atoms with Crippen LogP contribution in [-0.4, -0.2) is 109 Å². The Kier molecular flexibility index (Phi) is 10.1. The third-order valence-corrected chi connectivity index (χ3v) is 8.03. The van der Waals surface area contributed by atoms with Crippen molar-refractivity contribution in [3.05, 3.63) is 11.6 Å². The number of rotatable bonds is 11. The van der Waals surface area contributed by atoms with E-state index in [0.717, 1.165) is 30.6 Å². The number of aromatic nitrogens is 4. The minimum atomic E-state index is -4.49. The number of anilines is 1. The van der Waals surface area contributed by atoms with Crippen molar-refractivity contribution in [2.75, 3.05) is 31.9 Å². The molecule has 16 nitrogen and oxygen atoms in total. The highest BCUT2D eigenvalue weighted by Crippen LogP contribution is 2.42. The van der Waals surface area contributed by atoms with Gasteiger partial charge in [0.2, 0.25) is 18.0 Å². The number of hydrogen-bond acceptors (Lipinski definition) is 13. The summed E-state index contributed by atoms with van der Waals surface area (Å²) in [7, 11) is -3.16. The van der Waals surface area contributed by atoms with E-state index in [2.05, 4.69) is 29.5 Å². The first kappa shape index (κ1) is 31.3. The Morgan fingerprint density at radius 2 is 1.98 bits per heavy atom. The first-order valence-corrected chi connectivity index (χ1v) is 15.2. The monoisotopic (exact) mass is 620 g/mol. The van der Waals surface area contributed by atoms with Gasteiger partial charge in [0.25, 0.3) is 0 Å². The normalized spacial score (nSPS) is 24.5. The van der Waals surface area contributed by atoms with E-state index in [-0.39, 0.29) is 23.5 Å². The van der Waals surface area contributed by atoms with Crippen molar-refractivity contribution in [2.24, 2.45) is 0 Å². The van der Waals surface area contributed by atoms with E-state index < -0.39 is 63.3 Å². The molecule has 2 aromatic heterocycles. The number of hydrogen-bond donors (Lipinski definition) is 4. The summed E-state index contributed by atoms with van der Waals surface area (Å²) >= 11 is 6.18. The quantitative estimate of drug-likeness (QED) is 0.122. The molecule has 3 heterocycles. The number of carbonyl (C=O) groups is 2. The largest absolute Gasteiger partial charge is 0.510 e. The minimum absolute atomic E-state index is 0.0347. The maximum atomic E-state index is 12.6. The van der Waals surface area contributed by atoms with E-state index in [9.17, 15) is 29.3 Å². The van der Waals surface area contributed by atoms with Crippen LogP contribution < -0.4 is 5.32 Å². The van der Waals surface area contributed by atoms with E-state index in [0.29, 0.717) is 11.3 Å². The highest BCUT2D eigenvalue weighted by molar-refractivity contribution is 7.53. The number of nitrogens with one attached hydrogen (secondary N) is 1. The van der Waals surface area contributed by atoms with Gasteiger partial charge in [0.05, 0.1) is 12.4 Å². The highest BCUT2D eigenvalue weighted by atomic mass is 35.5. The van der Waals surface area contributed by atoms with E-state index in [1.54, 1.807) is 13.8 Å². The van der Waals surface area contributed by atoms with Gasteiger partial charge in [-0.2, -0.15) is 9.97 Å². The van der Waals surface area contributed by atoms with E-state index in [1.165, 1.54) is 17.9 Å². The molecule has 0 aromatic carbocycles. The Hall–Kier alpha value is -2.59.